The Balaban J connectivity index is 1.84. The van der Waals surface area contributed by atoms with Gasteiger partial charge in [0, 0.05) is 23.7 Å². The Bertz CT molecular complexity index is 318. The van der Waals surface area contributed by atoms with Crippen LogP contribution in [0.2, 0.25) is 0 Å². The van der Waals surface area contributed by atoms with Gasteiger partial charge in [-0.25, -0.2) is 4.98 Å². The van der Waals surface area contributed by atoms with Crippen molar-refractivity contribution < 1.29 is 0 Å². The van der Waals surface area contributed by atoms with Gasteiger partial charge in [0.2, 0.25) is 0 Å². The Hall–Kier alpha value is -0.450. The molecular weight excluding hydrogens is 218 g/mol. The largest absolute Gasteiger partial charge is 0.313 e. The average molecular weight is 239 g/mol. The summed E-state index contributed by atoms with van der Waals surface area (Å²) in [4.78, 5) is 7.02. The molecule has 1 aliphatic heterocycles. The molecule has 16 heavy (non-hydrogen) atoms. The van der Waals surface area contributed by atoms with Crippen molar-refractivity contribution in [2.75, 3.05) is 19.6 Å². The normalized spacial score (nSPS) is 20.8. The van der Waals surface area contributed by atoms with Crippen molar-refractivity contribution in [1.82, 2.24) is 15.2 Å². The first-order chi connectivity index (χ1) is 7.78. The standard InChI is InChI=1S/C12H21N3S/c1-3-15(7-11-5-4-6-13-11)8-12-14-10(2)9-16-12/h9,11,13H,3-8H2,1-2H3. The first-order valence-electron chi connectivity index (χ1n) is 6.14. The van der Waals surface area contributed by atoms with Crippen molar-refractivity contribution in [3.05, 3.63) is 16.1 Å². The lowest BCUT2D eigenvalue weighted by Crippen LogP contribution is -2.37. The van der Waals surface area contributed by atoms with E-state index in [0.29, 0.717) is 6.04 Å². The number of thiazole rings is 1. The molecule has 2 rings (SSSR count). The van der Waals surface area contributed by atoms with Crippen LogP contribution < -0.4 is 5.32 Å². The highest BCUT2D eigenvalue weighted by atomic mass is 32.1. The SMILES string of the molecule is CCN(Cc1nc(C)cs1)CC1CCCN1. The van der Waals surface area contributed by atoms with E-state index in [2.05, 4.69) is 34.4 Å². The molecular formula is C12H21N3S. The highest BCUT2D eigenvalue weighted by Crippen LogP contribution is 2.13. The summed E-state index contributed by atoms with van der Waals surface area (Å²) in [5, 5.41) is 6.94. The Kier molecular flexibility index (Phi) is 4.32. The molecule has 1 atom stereocenters. The van der Waals surface area contributed by atoms with Crippen molar-refractivity contribution >= 4 is 11.3 Å². The van der Waals surface area contributed by atoms with Gasteiger partial charge in [-0.05, 0) is 32.9 Å². The first-order valence-corrected chi connectivity index (χ1v) is 7.02. The first kappa shape index (κ1) is 12.0. The molecule has 1 aromatic heterocycles. The van der Waals surface area contributed by atoms with E-state index < -0.39 is 0 Å². The molecule has 0 radical (unpaired) electrons. The van der Waals surface area contributed by atoms with Crippen LogP contribution in [0.25, 0.3) is 0 Å². The number of aromatic nitrogens is 1. The van der Waals surface area contributed by atoms with E-state index >= 15 is 0 Å². The van der Waals surface area contributed by atoms with Crippen LogP contribution >= 0.6 is 11.3 Å². The molecule has 0 bridgehead atoms. The maximum atomic E-state index is 4.53. The van der Waals surface area contributed by atoms with Crippen molar-refractivity contribution in [1.29, 1.82) is 0 Å². The second-order valence-corrected chi connectivity index (χ2v) is 5.45. The smallest absolute Gasteiger partial charge is 0.107 e. The van der Waals surface area contributed by atoms with Crippen LogP contribution in [-0.4, -0.2) is 35.6 Å². The van der Waals surface area contributed by atoms with E-state index in [-0.39, 0.29) is 0 Å². The van der Waals surface area contributed by atoms with Gasteiger partial charge in [-0.15, -0.1) is 11.3 Å². The number of rotatable bonds is 5. The predicted octanol–water partition coefficient (Wildman–Crippen LogP) is 2.03. The molecule has 2 heterocycles. The Morgan fingerprint density at radius 2 is 2.50 bits per heavy atom. The van der Waals surface area contributed by atoms with Crippen LogP contribution in [0.15, 0.2) is 5.38 Å². The van der Waals surface area contributed by atoms with Crippen LogP contribution in [0.3, 0.4) is 0 Å². The van der Waals surface area contributed by atoms with Crippen LogP contribution in [0.4, 0.5) is 0 Å². The molecule has 3 nitrogen and oxygen atoms in total. The molecule has 1 aliphatic rings. The second kappa shape index (κ2) is 5.75. The van der Waals surface area contributed by atoms with Gasteiger partial charge in [0.15, 0.2) is 0 Å². The van der Waals surface area contributed by atoms with E-state index in [1.165, 1.54) is 24.4 Å². The third-order valence-corrected chi connectivity index (χ3v) is 4.07. The predicted molar refractivity (Wildman–Crippen MR) is 68.8 cm³/mol. The molecule has 0 aromatic carbocycles. The molecule has 1 aromatic rings. The van der Waals surface area contributed by atoms with Crippen molar-refractivity contribution in [3.63, 3.8) is 0 Å². The maximum Gasteiger partial charge on any atom is 0.107 e. The summed E-state index contributed by atoms with van der Waals surface area (Å²) < 4.78 is 0. The lowest BCUT2D eigenvalue weighted by Gasteiger charge is -2.23. The number of likely N-dealkylation sites (N-methyl/N-ethyl adjacent to an activating group) is 1. The summed E-state index contributed by atoms with van der Waals surface area (Å²) in [7, 11) is 0. The van der Waals surface area contributed by atoms with Crippen LogP contribution in [0.1, 0.15) is 30.5 Å². The highest BCUT2D eigenvalue weighted by molar-refractivity contribution is 7.09. The minimum absolute atomic E-state index is 0.695. The van der Waals surface area contributed by atoms with Crippen molar-refractivity contribution in [2.24, 2.45) is 0 Å². The summed E-state index contributed by atoms with van der Waals surface area (Å²) in [6, 6.07) is 0.695. The zero-order chi connectivity index (χ0) is 11.4. The third-order valence-electron chi connectivity index (χ3n) is 3.11. The number of nitrogens with zero attached hydrogens (tertiary/aromatic N) is 2. The Morgan fingerprint density at radius 1 is 1.62 bits per heavy atom. The molecule has 4 heteroatoms. The molecule has 0 saturated carbocycles. The third kappa shape index (κ3) is 3.27. The molecule has 0 aliphatic carbocycles. The number of hydrogen-bond donors (Lipinski definition) is 1. The Labute approximate surface area is 102 Å². The van der Waals surface area contributed by atoms with E-state index in [1.54, 1.807) is 11.3 Å². The summed E-state index contributed by atoms with van der Waals surface area (Å²) in [6.07, 6.45) is 2.66. The minimum atomic E-state index is 0.695. The molecule has 1 fully saturated rings. The molecule has 1 saturated heterocycles. The summed E-state index contributed by atoms with van der Waals surface area (Å²) in [5.41, 5.74) is 1.15. The van der Waals surface area contributed by atoms with E-state index in [1.807, 2.05) is 0 Å². The van der Waals surface area contributed by atoms with Gasteiger partial charge in [-0.1, -0.05) is 6.92 Å². The zero-order valence-electron chi connectivity index (χ0n) is 10.2. The summed E-state index contributed by atoms with van der Waals surface area (Å²) in [5.74, 6) is 0. The van der Waals surface area contributed by atoms with Gasteiger partial charge in [-0.2, -0.15) is 0 Å². The maximum absolute atomic E-state index is 4.53. The van der Waals surface area contributed by atoms with Gasteiger partial charge in [0.25, 0.3) is 0 Å². The van der Waals surface area contributed by atoms with E-state index in [0.717, 1.165) is 25.3 Å². The fraction of sp³-hybridized carbons (Fsp3) is 0.750. The van der Waals surface area contributed by atoms with Gasteiger partial charge in [-0.3, -0.25) is 4.90 Å². The van der Waals surface area contributed by atoms with Gasteiger partial charge in [0.05, 0.1) is 6.54 Å². The number of nitrogens with one attached hydrogen (secondary N) is 1. The van der Waals surface area contributed by atoms with Crippen LogP contribution in [0.5, 0.6) is 0 Å². The van der Waals surface area contributed by atoms with E-state index in [4.69, 9.17) is 0 Å². The lowest BCUT2D eigenvalue weighted by atomic mass is 10.2. The van der Waals surface area contributed by atoms with Crippen molar-refractivity contribution in [2.45, 2.75) is 39.3 Å². The molecule has 0 amide bonds. The second-order valence-electron chi connectivity index (χ2n) is 4.50. The number of hydrogen-bond acceptors (Lipinski definition) is 4. The highest BCUT2D eigenvalue weighted by Gasteiger charge is 2.17. The molecule has 90 valence electrons. The van der Waals surface area contributed by atoms with Crippen LogP contribution in [0, 0.1) is 6.92 Å². The van der Waals surface area contributed by atoms with Gasteiger partial charge < -0.3 is 5.32 Å². The Morgan fingerprint density at radius 3 is 3.06 bits per heavy atom. The van der Waals surface area contributed by atoms with Gasteiger partial charge in [0.1, 0.15) is 5.01 Å². The number of aryl methyl sites for hydroxylation is 1. The van der Waals surface area contributed by atoms with Crippen LogP contribution in [-0.2, 0) is 6.54 Å². The van der Waals surface area contributed by atoms with E-state index in [9.17, 15) is 0 Å². The minimum Gasteiger partial charge on any atom is -0.313 e. The molecule has 0 spiro atoms. The lowest BCUT2D eigenvalue weighted by molar-refractivity contribution is 0.253. The van der Waals surface area contributed by atoms with Crippen molar-refractivity contribution in [3.8, 4) is 0 Å². The monoisotopic (exact) mass is 239 g/mol. The molecule has 1 N–H and O–H groups in total. The molecule has 1 unspecified atom stereocenters. The fourth-order valence-electron chi connectivity index (χ4n) is 2.20. The fourth-order valence-corrected chi connectivity index (χ4v) is 3.01. The summed E-state index contributed by atoms with van der Waals surface area (Å²) in [6.45, 7) is 8.77. The average Bonchev–Trinajstić information content (AvgIpc) is 2.89. The van der Waals surface area contributed by atoms with Gasteiger partial charge >= 0.3 is 0 Å². The zero-order valence-corrected chi connectivity index (χ0v) is 11.0. The topological polar surface area (TPSA) is 28.2 Å². The quantitative estimate of drug-likeness (QED) is 0.852. The summed E-state index contributed by atoms with van der Waals surface area (Å²) >= 11 is 1.78.